The van der Waals surface area contributed by atoms with Crippen molar-refractivity contribution in [3.63, 3.8) is 0 Å². The summed E-state index contributed by atoms with van der Waals surface area (Å²) in [4.78, 5) is 12.2. The fourth-order valence-electron chi connectivity index (χ4n) is 2.23. The number of aromatic nitrogens is 2. The number of amides is 1. The second kappa shape index (κ2) is 6.98. The van der Waals surface area contributed by atoms with E-state index in [9.17, 15) is 4.79 Å². The normalized spacial score (nSPS) is 10.5. The summed E-state index contributed by atoms with van der Waals surface area (Å²) in [5, 5.41) is 7.73. The first-order chi connectivity index (χ1) is 11.1. The minimum Gasteiger partial charge on any atom is -0.310 e. The van der Waals surface area contributed by atoms with Crippen molar-refractivity contribution in [3.8, 4) is 5.69 Å². The number of halogens is 2. The number of rotatable bonds is 4. The van der Waals surface area contributed by atoms with Gasteiger partial charge < -0.3 is 5.32 Å². The number of benzene rings is 2. The zero-order valence-electron chi connectivity index (χ0n) is 12.0. The van der Waals surface area contributed by atoms with Crippen LogP contribution in [0.3, 0.4) is 0 Å². The van der Waals surface area contributed by atoms with E-state index in [2.05, 4.69) is 26.3 Å². The highest BCUT2D eigenvalue weighted by molar-refractivity contribution is 9.10. The summed E-state index contributed by atoms with van der Waals surface area (Å²) in [5.41, 5.74) is 1.73. The summed E-state index contributed by atoms with van der Waals surface area (Å²) in [5.74, 6) is 0.499. The monoisotopic (exact) mass is 389 g/mol. The standard InChI is InChI=1S/C17H13BrClN3O/c18-13-4-1-3-12(9-13)10-17(23)21-16-7-8-20-22(16)15-6-2-5-14(19)11-15/h1-9,11H,10H2,(H,21,23). The van der Waals surface area contributed by atoms with E-state index >= 15 is 0 Å². The highest BCUT2D eigenvalue weighted by Gasteiger charge is 2.10. The third-order valence-electron chi connectivity index (χ3n) is 3.22. The second-order valence-electron chi connectivity index (χ2n) is 4.96. The second-order valence-corrected chi connectivity index (χ2v) is 6.32. The molecule has 0 saturated carbocycles. The van der Waals surface area contributed by atoms with Gasteiger partial charge in [0.05, 0.1) is 18.3 Å². The summed E-state index contributed by atoms with van der Waals surface area (Å²) in [6.45, 7) is 0. The largest absolute Gasteiger partial charge is 0.310 e. The Bertz CT molecular complexity index is 847. The molecule has 0 aliphatic carbocycles. The zero-order valence-corrected chi connectivity index (χ0v) is 14.4. The fraction of sp³-hybridized carbons (Fsp3) is 0.0588. The van der Waals surface area contributed by atoms with E-state index in [4.69, 9.17) is 11.6 Å². The van der Waals surface area contributed by atoms with E-state index in [0.29, 0.717) is 17.3 Å². The number of hydrogen-bond acceptors (Lipinski definition) is 2. The molecule has 1 N–H and O–H groups in total. The molecular formula is C17H13BrClN3O. The van der Waals surface area contributed by atoms with Crippen molar-refractivity contribution in [2.75, 3.05) is 5.32 Å². The molecule has 2 aromatic carbocycles. The zero-order chi connectivity index (χ0) is 16.2. The maximum atomic E-state index is 12.2. The van der Waals surface area contributed by atoms with Crippen LogP contribution in [0.15, 0.2) is 65.3 Å². The molecule has 23 heavy (non-hydrogen) atoms. The Kier molecular flexibility index (Phi) is 4.79. The average Bonchev–Trinajstić information content (AvgIpc) is 2.95. The maximum Gasteiger partial charge on any atom is 0.229 e. The lowest BCUT2D eigenvalue weighted by Gasteiger charge is -2.09. The highest BCUT2D eigenvalue weighted by atomic mass is 79.9. The molecule has 1 heterocycles. The first-order valence-electron chi connectivity index (χ1n) is 6.96. The van der Waals surface area contributed by atoms with Crippen LogP contribution in [0.1, 0.15) is 5.56 Å². The molecule has 0 radical (unpaired) electrons. The molecule has 0 fully saturated rings. The van der Waals surface area contributed by atoms with E-state index in [1.165, 1.54) is 0 Å². The Balaban J connectivity index is 1.76. The molecule has 0 aliphatic rings. The number of hydrogen-bond donors (Lipinski definition) is 1. The summed E-state index contributed by atoms with van der Waals surface area (Å²) in [7, 11) is 0. The van der Waals surface area contributed by atoms with Crippen LogP contribution in [0.2, 0.25) is 5.02 Å². The molecular weight excluding hydrogens is 378 g/mol. The van der Waals surface area contributed by atoms with Crippen molar-refractivity contribution in [2.24, 2.45) is 0 Å². The van der Waals surface area contributed by atoms with Gasteiger partial charge in [-0.1, -0.05) is 45.7 Å². The van der Waals surface area contributed by atoms with Gasteiger partial charge in [0, 0.05) is 15.6 Å². The van der Waals surface area contributed by atoms with E-state index in [1.807, 2.05) is 36.4 Å². The van der Waals surface area contributed by atoms with Crippen LogP contribution in [0.4, 0.5) is 5.82 Å². The molecule has 0 spiro atoms. The lowest BCUT2D eigenvalue weighted by atomic mass is 10.1. The summed E-state index contributed by atoms with van der Waals surface area (Å²) in [6, 6.07) is 16.7. The van der Waals surface area contributed by atoms with Crippen molar-refractivity contribution in [1.29, 1.82) is 0 Å². The first-order valence-corrected chi connectivity index (χ1v) is 8.13. The lowest BCUT2D eigenvalue weighted by Crippen LogP contribution is -2.17. The van der Waals surface area contributed by atoms with Crippen molar-refractivity contribution >= 4 is 39.3 Å². The molecule has 1 aromatic heterocycles. The molecule has 0 saturated heterocycles. The minimum atomic E-state index is -0.105. The number of anilines is 1. The fourth-order valence-corrected chi connectivity index (χ4v) is 2.86. The Morgan fingerprint density at radius 1 is 1.17 bits per heavy atom. The van der Waals surface area contributed by atoms with Gasteiger partial charge in [-0.3, -0.25) is 4.79 Å². The van der Waals surface area contributed by atoms with Gasteiger partial charge in [0.25, 0.3) is 0 Å². The highest BCUT2D eigenvalue weighted by Crippen LogP contribution is 2.19. The summed E-state index contributed by atoms with van der Waals surface area (Å²) < 4.78 is 2.59. The van der Waals surface area contributed by atoms with Crippen LogP contribution < -0.4 is 5.32 Å². The maximum absolute atomic E-state index is 12.2. The number of nitrogens with one attached hydrogen (secondary N) is 1. The first kappa shape index (κ1) is 15.8. The average molecular weight is 391 g/mol. The molecule has 4 nitrogen and oxygen atoms in total. The summed E-state index contributed by atoms with van der Waals surface area (Å²) in [6.07, 6.45) is 1.93. The third-order valence-corrected chi connectivity index (χ3v) is 3.95. The van der Waals surface area contributed by atoms with E-state index in [1.54, 1.807) is 29.1 Å². The Morgan fingerprint density at radius 3 is 2.78 bits per heavy atom. The van der Waals surface area contributed by atoms with E-state index in [-0.39, 0.29) is 5.91 Å². The van der Waals surface area contributed by atoms with Gasteiger partial charge in [0.1, 0.15) is 5.82 Å². The third kappa shape index (κ3) is 4.00. The van der Waals surface area contributed by atoms with Gasteiger partial charge >= 0.3 is 0 Å². The van der Waals surface area contributed by atoms with E-state index < -0.39 is 0 Å². The lowest BCUT2D eigenvalue weighted by molar-refractivity contribution is -0.115. The molecule has 0 bridgehead atoms. The molecule has 6 heteroatoms. The van der Waals surface area contributed by atoms with Crippen molar-refractivity contribution < 1.29 is 4.79 Å². The van der Waals surface area contributed by atoms with Gasteiger partial charge in [-0.05, 0) is 35.9 Å². The van der Waals surface area contributed by atoms with Gasteiger partial charge in [0.15, 0.2) is 0 Å². The van der Waals surface area contributed by atoms with Crippen LogP contribution in [0.5, 0.6) is 0 Å². The van der Waals surface area contributed by atoms with Crippen molar-refractivity contribution in [2.45, 2.75) is 6.42 Å². The molecule has 3 aromatic rings. The van der Waals surface area contributed by atoms with Crippen LogP contribution >= 0.6 is 27.5 Å². The molecule has 1 amide bonds. The molecule has 0 unspecified atom stereocenters. The molecule has 0 aliphatic heterocycles. The molecule has 116 valence electrons. The molecule has 0 atom stereocenters. The predicted octanol–water partition coefficient (Wildman–Crippen LogP) is 4.47. The van der Waals surface area contributed by atoms with Crippen LogP contribution in [-0.4, -0.2) is 15.7 Å². The summed E-state index contributed by atoms with van der Waals surface area (Å²) >= 11 is 9.41. The Hall–Kier alpha value is -2.11. The van der Waals surface area contributed by atoms with Gasteiger partial charge in [-0.15, -0.1) is 0 Å². The Morgan fingerprint density at radius 2 is 2.00 bits per heavy atom. The number of nitrogens with zero attached hydrogens (tertiary/aromatic N) is 2. The van der Waals surface area contributed by atoms with Gasteiger partial charge in [-0.2, -0.15) is 5.10 Å². The van der Waals surface area contributed by atoms with Crippen LogP contribution in [-0.2, 0) is 11.2 Å². The number of carbonyl (C=O) groups is 1. The van der Waals surface area contributed by atoms with Crippen molar-refractivity contribution in [3.05, 3.63) is 75.9 Å². The van der Waals surface area contributed by atoms with Crippen LogP contribution in [0.25, 0.3) is 5.69 Å². The smallest absolute Gasteiger partial charge is 0.229 e. The Labute approximate surface area is 147 Å². The molecule has 3 rings (SSSR count). The SMILES string of the molecule is O=C(Cc1cccc(Br)c1)Nc1ccnn1-c1cccc(Cl)c1. The quantitative estimate of drug-likeness (QED) is 0.714. The van der Waals surface area contributed by atoms with Crippen LogP contribution in [0, 0.1) is 0 Å². The van der Waals surface area contributed by atoms with Gasteiger partial charge in [0.2, 0.25) is 5.91 Å². The van der Waals surface area contributed by atoms with Crippen molar-refractivity contribution in [1.82, 2.24) is 9.78 Å². The van der Waals surface area contributed by atoms with Gasteiger partial charge in [-0.25, -0.2) is 4.68 Å². The minimum absolute atomic E-state index is 0.105. The predicted molar refractivity (Wildman–Crippen MR) is 95.0 cm³/mol. The van der Waals surface area contributed by atoms with E-state index in [0.717, 1.165) is 15.7 Å². The number of carbonyl (C=O) groups excluding carboxylic acids is 1. The topological polar surface area (TPSA) is 46.9 Å².